The van der Waals surface area contributed by atoms with E-state index in [1.807, 2.05) is 0 Å². The van der Waals surface area contributed by atoms with Crippen LogP contribution in [0.1, 0.15) is 12.8 Å². The Morgan fingerprint density at radius 3 is 2.45 bits per heavy atom. The highest BCUT2D eigenvalue weighted by atomic mass is 79.9. The van der Waals surface area contributed by atoms with Gasteiger partial charge in [0.05, 0.1) is 10.6 Å². The van der Waals surface area contributed by atoms with Crippen LogP contribution in [-0.4, -0.2) is 42.2 Å². The van der Waals surface area contributed by atoms with E-state index in [9.17, 15) is 8.42 Å². The number of nitrogens with zero attached hydrogens (tertiary/aromatic N) is 1. The lowest BCUT2D eigenvalue weighted by Gasteiger charge is -2.17. The molecule has 1 aliphatic heterocycles. The molecule has 0 saturated carbocycles. The highest BCUT2D eigenvalue weighted by Crippen LogP contribution is 2.19. The lowest BCUT2D eigenvalue weighted by molar-refractivity contribution is 0.539. The molecule has 1 aromatic carbocycles. The summed E-state index contributed by atoms with van der Waals surface area (Å²) >= 11 is 10.1. The van der Waals surface area contributed by atoms with Crippen molar-refractivity contribution >= 4 is 54.1 Å². The number of likely N-dealkylation sites (tertiary alicyclic amines) is 1. The van der Waals surface area contributed by atoms with Gasteiger partial charge in [-0.2, -0.15) is 0 Å². The van der Waals surface area contributed by atoms with Gasteiger partial charge in [-0.25, -0.2) is 8.42 Å². The minimum atomic E-state index is -3.22. The molecule has 0 aliphatic carbocycles. The number of hydrogen-bond acceptors (Lipinski definition) is 4. The summed E-state index contributed by atoms with van der Waals surface area (Å²) in [5.41, 5.74) is 0. The van der Waals surface area contributed by atoms with Crippen LogP contribution in [0.25, 0.3) is 0 Å². The first-order valence-electron chi connectivity index (χ1n) is 6.39. The molecule has 0 atom stereocenters. The van der Waals surface area contributed by atoms with E-state index in [0.29, 0.717) is 10.6 Å². The minimum absolute atomic E-state index is 0.118. The van der Waals surface area contributed by atoms with Gasteiger partial charge in [-0.1, -0.05) is 39.9 Å². The van der Waals surface area contributed by atoms with E-state index in [-0.39, 0.29) is 5.75 Å². The van der Waals surface area contributed by atoms with Gasteiger partial charge in [-0.15, -0.1) is 0 Å². The van der Waals surface area contributed by atoms with E-state index in [2.05, 4.69) is 20.8 Å². The Hall–Kier alpha value is -0.110. The van der Waals surface area contributed by atoms with Gasteiger partial charge in [0, 0.05) is 23.3 Å². The highest BCUT2D eigenvalue weighted by Gasteiger charge is 2.18. The van der Waals surface area contributed by atoms with Crippen LogP contribution in [0.4, 0.5) is 0 Å². The van der Waals surface area contributed by atoms with Crippen LogP contribution in [0, 0.1) is 0 Å². The topological polar surface area (TPSA) is 37.4 Å². The maximum absolute atomic E-state index is 12.2. The molecule has 1 heterocycles. The van der Waals surface area contributed by atoms with Gasteiger partial charge < -0.3 is 4.90 Å². The standard InChI is InChI=1S/C13H16BrNO2S3/c14-11-3-5-12(6-4-11)20(16,17)10-9-19-13(18)15-7-1-2-8-15/h3-6H,1-2,7-10H2. The lowest BCUT2D eigenvalue weighted by Crippen LogP contribution is -2.24. The van der Waals surface area contributed by atoms with Crippen molar-refractivity contribution in [2.24, 2.45) is 0 Å². The quantitative estimate of drug-likeness (QED) is 0.733. The first-order chi connectivity index (χ1) is 9.49. The Morgan fingerprint density at radius 2 is 1.85 bits per heavy atom. The maximum atomic E-state index is 12.2. The number of thiocarbonyl (C=S) groups is 1. The molecule has 20 heavy (non-hydrogen) atoms. The average Bonchev–Trinajstić information content (AvgIpc) is 2.93. The fourth-order valence-corrected chi connectivity index (χ4v) is 5.22. The van der Waals surface area contributed by atoms with Crippen molar-refractivity contribution in [1.29, 1.82) is 0 Å². The molecular formula is C13H16BrNO2S3. The summed E-state index contributed by atoms with van der Waals surface area (Å²) in [5.74, 6) is 0.626. The van der Waals surface area contributed by atoms with Crippen molar-refractivity contribution in [1.82, 2.24) is 4.90 Å². The van der Waals surface area contributed by atoms with Gasteiger partial charge in [0.2, 0.25) is 0 Å². The van der Waals surface area contributed by atoms with Gasteiger partial charge in [-0.05, 0) is 37.1 Å². The van der Waals surface area contributed by atoms with Gasteiger partial charge in [-0.3, -0.25) is 0 Å². The SMILES string of the molecule is O=S(=O)(CCSC(=S)N1CCCC1)c1ccc(Br)cc1. The van der Waals surface area contributed by atoms with E-state index in [4.69, 9.17) is 12.2 Å². The van der Waals surface area contributed by atoms with E-state index >= 15 is 0 Å². The molecule has 7 heteroatoms. The van der Waals surface area contributed by atoms with Crippen molar-refractivity contribution < 1.29 is 8.42 Å². The number of halogens is 1. The number of rotatable bonds is 4. The van der Waals surface area contributed by atoms with E-state index in [1.165, 1.54) is 24.6 Å². The van der Waals surface area contributed by atoms with Crippen molar-refractivity contribution in [3.05, 3.63) is 28.7 Å². The first kappa shape index (κ1) is 16.3. The number of hydrogen-bond donors (Lipinski definition) is 0. The third-order valence-electron chi connectivity index (χ3n) is 3.11. The molecule has 0 unspecified atom stereocenters. The third kappa shape index (κ3) is 4.44. The molecular weight excluding hydrogens is 378 g/mol. The molecule has 2 rings (SSSR count). The molecule has 0 spiro atoms. The Kier molecular flexibility index (Phi) is 5.89. The number of thioether (sulfide) groups is 1. The van der Waals surface area contributed by atoms with Crippen LogP contribution in [0.15, 0.2) is 33.6 Å². The smallest absolute Gasteiger partial charge is 0.179 e. The first-order valence-corrected chi connectivity index (χ1v) is 10.2. The molecule has 1 saturated heterocycles. The molecule has 1 aliphatic rings. The average molecular weight is 394 g/mol. The minimum Gasteiger partial charge on any atom is -0.358 e. The second-order valence-corrected chi connectivity index (χ2v) is 9.33. The predicted octanol–water partition coefficient (Wildman–Crippen LogP) is 3.34. The normalized spacial score (nSPS) is 15.6. The van der Waals surface area contributed by atoms with E-state index < -0.39 is 9.84 Å². The second-order valence-electron chi connectivity index (χ2n) is 4.58. The van der Waals surface area contributed by atoms with Crippen LogP contribution < -0.4 is 0 Å². The molecule has 0 bridgehead atoms. The van der Waals surface area contributed by atoms with Crippen LogP contribution in [0.3, 0.4) is 0 Å². The van der Waals surface area contributed by atoms with Crippen molar-refractivity contribution in [3.63, 3.8) is 0 Å². The molecule has 0 aromatic heterocycles. The van der Waals surface area contributed by atoms with Gasteiger partial charge in [0.1, 0.15) is 4.32 Å². The third-order valence-corrected chi connectivity index (χ3v) is 7.16. The van der Waals surface area contributed by atoms with Gasteiger partial charge in [0.15, 0.2) is 9.84 Å². The molecule has 0 radical (unpaired) electrons. The monoisotopic (exact) mass is 393 g/mol. The highest BCUT2D eigenvalue weighted by molar-refractivity contribution is 9.10. The summed E-state index contributed by atoms with van der Waals surface area (Å²) in [4.78, 5) is 2.53. The number of sulfone groups is 1. The zero-order valence-electron chi connectivity index (χ0n) is 10.9. The fraction of sp³-hybridized carbons (Fsp3) is 0.462. The van der Waals surface area contributed by atoms with Gasteiger partial charge >= 0.3 is 0 Å². The predicted molar refractivity (Wildman–Crippen MR) is 92.1 cm³/mol. The van der Waals surface area contributed by atoms with Crippen LogP contribution in [0.2, 0.25) is 0 Å². The largest absolute Gasteiger partial charge is 0.358 e. The summed E-state index contributed by atoms with van der Waals surface area (Å²) in [6, 6.07) is 6.75. The maximum Gasteiger partial charge on any atom is 0.179 e. The second kappa shape index (κ2) is 7.24. The van der Waals surface area contributed by atoms with E-state index in [1.54, 1.807) is 24.3 Å². The lowest BCUT2D eigenvalue weighted by atomic mass is 10.4. The Bertz CT molecular complexity index is 566. The van der Waals surface area contributed by atoms with Crippen molar-refractivity contribution in [3.8, 4) is 0 Å². The van der Waals surface area contributed by atoms with Crippen LogP contribution in [0.5, 0.6) is 0 Å². The summed E-state index contributed by atoms with van der Waals surface area (Å²) in [6.45, 7) is 2.01. The molecule has 0 amide bonds. The zero-order chi connectivity index (χ0) is 14.6. The summed E-state index contributed by atoms with van der Waals surface area (Å²) < 4.78 is 26.0. The van der Waals surface area contributed by atoms with E-state index in [0.717, 1.165) is 21.9 Å². The molecule has 1 fully saturated rings. The fourth-order valence-electron chi connectivity index (χ4n) is 1.99. The Labute approximate surface area is 138 Å². The Morgan fingerprint density at radius 1 is 1.25 bits per heavy atom. The Balaban J connectivity index is 1.86. The molecule has 0 N–H and O–H groups in total. The zero-order valence-corrected chi connectivity index (χ0v) is 15.0. The van der Waals surface area contributed by atoms with Gasteiger partial charge in [0.25, 0.3) is 0 Å². The summed E-state index contributed by atoms with van der Waals surface area (Å²) in [5, 5.41) is 0. The molecule has 3 nitrogen and oxygen atoms in total. The number of benzene rings is 1. The van der Waals surface area contributed by atoms with Crippen molar-refractivity contribution in [2.45, 2.75) is 17.7 Å². The molecule has 1 aromatic rings. The van der Waals surface area contributed by atoms with Crippen LogP contribution in [-0.2, 0) is 9.84 Å². The molecule has 110 valence electrons. The van der Waals surface area contributed by atoms with Crippen LogP contribution >= 0.6 is 39.9 Å². The van der Waals surface area contributed by atoms with Crippen molar-refractivity contribution in [2.75, 3.05) is 24.6 Å². The summed E-state index contributed by atoms with van der Waals surface area (Å²) in [6.07, 6.45) is 2.36. The summed E-state index contributed by atoms with van der Waals surface area (Å²) in [7, 11) is -3.22.